The van der Waals surface area contributed by atoms with E-state index in [0.717, 1.165) is 22.4 Å². The molecular formula is C27H30N6O2S. The van der Waals surface area contributed by atoms with Gasteiger partial charge in [-0.15, -0.1) is 0 Å². The van der Waals surface area contributed by atoms with Crippen molar-refractivity contribution >= 4 is 45.7 Å². The Morgan fingerprint density at radius 3 is 2.19 bits per heavy atom. The van der Waals surface area contributed by atoms with Crippen LogP contribution >= 0.6 is 0 Å². The van der Waals surface area contributed by atoms with Gasteiger partial charge in [-0.2, -0.15) is 4.31 Å². The molecule has 1 aliphatic rings. The van der Waals surface area contributed by atoms with Gasteiger partial charge in [0.2, 0.25) is 16.0 Å². The van der Waals surface area contributed by atoms with E-state index in [1.54, 1.807) is 42.9 Å². The van der Waals surface area contributed by atoms with Crippen molar-refractivity contribution in [2.24, 2.45) is 4.99 Å². The molecule has 0 saturated carbocycles. The maximum Gasteiger partial charge on any atom is 0.243 e. The summed E-state index contributed by atoms with van der Waals surface area (Å²) in [5.41, 5.74) is 4.66. The number of aliphatic imine (C=N–C) groups is 1. The maximum absolute atomic E-state index is 12.8. The SMILES string of the molecule is C/C=N\C(=C/C)c1ccc(/C=C/c2cnc(Nc3ccc(S(=O)(=O)N4CCNCC4)cc3)nc2)cc1. The molecule has 0 atom stereocenters. The third-order valence-electron chi connectivity index (χ3n) is 5.71. The first-order valence-corrected chi connectivity index (χ1v) is 13.3. The van der Waals surface area contributed by atoms with Gasteiger partial charge >= 0.3 is 0 Å². The molecule has 0 amide bonds. The summed E-state index contributed by atoms with van der Waals surface area (Å²) >= 11 is 0. The number of nitrogens with one attached hydrogen (secondary N) is 2. The average Bonchev–Trinajstić information content (AvgIpc) is 2.92. The molecule has 8 nitrogen and oxygen atoms in total. The second-order valence-electron chi connectivity index (χ2n) is 8.16. The van der Waals surface area contributed by atoms with E-state index in [0.29, 0.717) is 37.8 Å². The van der Waals surface area contributed by atoms with Gasteiger partial charge in [-0.1, -0.05) is 42.5 Å². The molecule has 0 aliphatic carbocycles. The summed E-state index contributed by atoms with van der Waals surface area (Å²) in [4.78, 5) is 13.4. The van der Waals surface area contributed by atoms with Crippen LogP contribution in [-0.2, 0) is 10.0 Å². The Labute approximate surface area is 212 Å². The highest BCUT2D eigenvalue weighted by Crippen LogP contribution is 2.21. The van der Waals surface area contributed by atoms with Crippen LogP contribution in [0.5, 0.6) is 0 Å². The van der Waals surface area contributed by atoms with Crippen molar-refractivity contribution in [1.82, 2.24) is 19.6 Å². The molecule has 36 heavy (non-hydrogen) atoms. The lowest BCUT2D eigenvalue weighted by Gasteiger charge is -2.26. The van der Waals surface area contributed by atoms with E-state index in [-0.39, 0.29) is 4.90 Å². The third-order valence-corrected chi connectivity index (χ3v) is 7.63. The summed E-state index contributed by atoms with van der Waals surface area (Å²) in [5, 5.41) is 6.28. The van der Waals surface area contributed by atoms with Crippen LogP contribution in [0.3, 0.4) is 0 Å². The fourth-order valence-corrected chi connectivity index (χ4v) is 5.22. The quantitative estimate of drug-likeness (QED) is 0.442. The van der Waals surface area contributed by atoms with Crippen molar-refractivity contribution in [1.29, 1.82) is 0 Å². The van der Waals surface area contributed by atoms with E-state index in [1.807, 2.05) is 56.3 Å². The van der Waals surface area contributed by atoms with Gasteiger partial charge in [0, 0.05) is 56.0 Å². The van der Waals surface area contributed by atoms with Gasteiger partial charge in [0.25, 0.3) is 0 Å². The number of rotatable bonds is 8. The highest BCUT2D eigenvalue weighted by molar-refractivity contribution is 7.89. The van der Waals surface area contributed by atoms with Crippen molar-refractivity contribution < 1.29 is 8.42 Å². The largest absolute Gasteiger partial charge is 0.324 e. The minimum atomic E-state index is -3.48. The van der Waals surface area contributed by atoms with Crippen molar-refractivity contribution in [3.05, 3.63) is 83.7 Å². The van der Waals surface area contributed by atoms with Crippen LogP contribution in [0.4, 0.5) is 11.6 Å². The lowest BCUT2D eigenvalue weighted by atomic mass is 10.1. The van der Waals surface area contributed by atoms with E-state index >= 15 is 0 Å². The Kier molecular flexibility index (Phi) is 8.37. The highest BCUT2D eigenvalue weighted by atomic mass is 32.2. The standard InChI is InChI=1S/C27H30N6O2S/c1-3-26(29-4-2)23-9-7-21(8-10-23)5-6-22-19-30-27(31-20-22)32-24-11-13-25(14-12-24)36(34,35)33-17-15-28-16-18-33/h3-14,19-20,28H,15-18H2,1-2H3,(H,30,31,32)/b6-5+,26-3-,29-4-. The number of benzene rings is 2. The molecule has 2 heterocycles. The minimum absolute atomic E-state index is 0.282. The molecular weight excluding hydrogens is 472 g/mol. The number of sulfonamides is 1. The zero-order valence-electron chi connectivity index (χ0n) is 20.4. The topological polar surface area (TPSA) is 99.6 Å². The molecule has 3 aromatic rings. The van der Waals surface area contributed by atoms with E-state index < -0.39 is 10.0 Å². The Bertz CT molecular complexity index is 1340. The molecule has 0 radical (unpaired) electrons. The van der Waals surface area contributed by atoms with Crippen LogP contribution in [-0.4, -0.2) is 55.1 Å². The second kappa shape index (κ2) is 11.9. The third kappa shape index (κ3) is 6.31. The molecule has 1 aromatic heterocycles. The van der Waals surface area contributed by atoms with Gasteiger partial charge in [0.05, 0.1) is 10.6 Å². The lowest BCUT2D eigenvalue weighted by Crippen LogP contribution is -2.46. The second-order valence-corrected chi connectivity index (χ2v) is 10.1. The van der Waals surface area contributed by atoms with Gasteiger partial charge in [-0.05, 0) is 49.2 Å². The fourth-order valence-electron chi connectivity index (χ4n) is 3.77. The molecule has 1 fully saturated rings. The molecule has 9 heteroatoms. The van der Waals surface area contributed by atoms with Crippen LogP contribution in [0, 0.1) is 0 Å². The molecule has 0 bridgehead atoms. The Hall–Kier alpha value is -3.66. The Morgan fingerprint density at radius 1 is 0.944 bits per heavy atom. The normalized spacial score (nSPS) is 15.6. The van der Waals surface area contributed by atoms with Gasteiger partial charge in [0.1, 0.15) is 0 Å². The van der Waals surface area contributed by atoms with Crippen LogP contribution in [0.25, 0.3) is 17.8 Å². The van der Waals surface area contributed by atoms with Crippen molar-refractivity contribution in [3.63, 3.8) is 0 Å². The number of nitrogens with zero attached hydrogens (tertiary/aromatic N) is 4. The van der Waals surface area contributed by atoms with Crippen molar-refractivity contribution in [2.45, 2.75) is 18.7 Å². The van der Waals surface area contributed by atoms with Crippen molar-refractivity contribution in [2.75, 3.05) is 31.5 Å². The predicted molar refractivity (Wildman–Crippen MR) is 147 cm³/mol. The molecule has 2 N–H and O–H groups in total. The first-order valence-electron chi connectivity index (χ1n) is 11.8. The molecule has 2 aromatic carbocycles. The summed E-state index contributed by atoms with van der Waals surface area (Å²) in [7, 11) is -3.48. The van der Waals surface area contributed by atoms with Gasteiger partial charge in [-0.3, -0.25) is 4.99 Å². The molecule has 186 valence electrons. The summed E-state index contributed by atoms with van der Waals surface area (Å²) in [5.74, 6) is 0.435. The van der Waals surface area contributed by atoms with E-state index in [1.165, 1.54) is 4.31 Å². The summed E-state index contributed by atoms with van der Waals surface area (Å²) in [6, 6.07) is 14.8. The Balaban J connectivity index is 1.37. The number of piperazine rings is 1. The first kappa shape index (κ1) is 25.4. The number of aromatic nitrogens is 2. The van der Waals surface area contributed by atoms with Crippen LogP contribution in [0.2, 0.25) is 0 Å². The zero-order chi connectivity index (χ0) is 25.4. The number of hydrogen-bond acceptors (Lipinski definition) is 7. The first-order chi connectivity index (χ1) is 17.5. The van der Waals surface area contributed by atoms with Gasteiger partial charge in [-0.25, -0.2) is 18.4 Å². The van der Waals surface area contributed by atoms with Crippen LogP contribution in [0.15, 0.2) is 76.9 Å². The molecule has 1 aliphatic heterocycles. The average molecular weight is 503 g/mol. The molecule has 1 saturated heterocycles. The molecule has 4 rings (SSSR count). The molecule has 0 unspecified atom stereocenters. The van der Waals surface area contributed by atoms with Gasteiger partial charge < -0.3 is 10.6 Å². The smallest absolute Gasteiger partial charge is 0.243 e. The predicted octanol–water partition coefficient (Wildman–Crippen LogP) is 4.44. The monoisotopic (exact) mass is 502 g/mol. The van der Waals surface area contributed by atoms with E-state index in [4.69, 9.17) is 0 Å². The summed E-state index contributed by atoms with van der Waals surface area (Å²) < 4.78 is 27.1. The lowest BCUT2D eigenvalue weighted by molar-refractivity contribution is 0.360. The van der Waals surface area contributed by atoms with Crippen LogP contribution < -0.4 is 10.6 Å². The van der Waals surface area contributed by atoms with E-state index in [2.05, 4.69) is 25.6 Å². The molecule has 0 spiro atoms. The zero-order valence-corrected chi connectivity index (χ0v) is 21.2. The Morgan fingerprint density at radius 2 is 1.58 bits per heavy atom. The van der Waals surface area contributed by atoms with Crippen LogP contribution in [0.1, 0.15) is 30.5 Å². The maximum atomic E-state index is 12.8. The van der Waals surface area contributed by atoms with E-state index in [9.17, 15) is 8.42 Å². The fraction of sp³-hybridized carbons (Fsp3) is 0.222. The minimum Gasteiger partial charge on any atom is -0.324 e. The number of hydrogen-bond donors (Lipinski definition) is 2. The summed E-state index contributed by atoms with van der Waals surface area (Å²) in [6.45, 7) is 6.17. The van der Waals surface area contributed by atoms with Crippen molar-refractivity contribution in [3.8, 4) is 0 Å². The summed E-state index contributed by atoms with van der Waals surface area (Å²) in [6.07, 6.45) is 11.2. The number of allylic oxidation sites excluding steroid dienone is 1. The van der Waals surface area contributed by atoms with Gasteiger partial charge in [0.15, 0.2) is 0 Å². The highest BCUT2D eigenvalue weighted by Gasteiger charge is 2.25. The number of anilines is 2.